The van der Waals surface area contributed by atoms with Gasteiger partial charge in [-0.05, 0) is 38.3 Å². The third kappa shape index (κ3) is 5.12. The van der Waals surface area contributed by atoms with Crippen LogP contribution in [-0.2, 0) is 7.05 Å². The van der Waals surface area contributed by atoms with Crippen molar-refractivity contribution < 1.29 is 4.79 Å². The number of nitrogens with zero attached hydrogens (tertiary/aromatic N) is 1. The second-order valence-electron chi connectivity index (χ2n) is 7.33. The molecule has 1 unspecified atom stereocenters. The van der Waals surface area contributed by atoms with Gasteiger partial charge in [0.15, 0.2) is 5.78 Å². The molecule has 0 saturated heterocycles. The van der Waals surface area contributed by atoms with Gasteiger partial charge in [0.05, 0.1) is 0 Å². The van der Waals surface area contributed by atoms with Crippen LogP contribution in [0, 0.1) is 0 Å². The Morgan fingerprint density at radius 3 is 2.74 bits per heavy atom. The number of nitrogens with one attached hydrogen (secondary N) is 1. The maximum atomic E-state index is 12.6. The molecule has 3 nitrogen and oxygen atoms in total. The first-order chi connectivity index (χ1) is 12.7. The molecular formula is C23H31ClN2O. The van der Waals surface area contributed by atoms with E-state index in [9.17, 15) is 4.79 Å². The number of hydrogen-bond donors (Lipinski definition) is 1. The number of aromatic nitrogens is 1. The Labute approximate surface area is 168 Å². The lowest BCUT2D eigenvalue weighted by molar-refractivity contribution is 0.0980. The highest BCUT2D eigenvalue weighted by atomic mass is 35.5. The first kappa shape index (κ1) is 21.5. The standard InChI is InChI=1S/C23H30N2O.ClH/c1-3-23(15-9-5-10-16-23)24-17-11-4-6-14-22(26)20-18-25(2)21-13-8-7-12-19(20)21;/h5,7-10,12-13,15,18,24H,3-4,6,11,14,16-17H2,1-2H3;1H. The average Bonchev–Trinajstić information content (AvgIpc) is 3.02. The number of rotatable bonds is 9. The average molecular weight is 387 g/mol. The summed E-state index contributed by atoms with van der Waals surface area (Å²) in [5, 5.41) is 4.78. The molecule has 0 bridgehead atoms. The number of benzene rings is 1. The van der Waals surface area contributed by atoms with Crippen LogP contribution < -0.4 is 5.32 Å². The number of allylic oxidation sites excluding steroid dienone is 2. The van der Waals surface area contributed by atoms with Crippen LogP contribution in [0.1, 0.15) is 55.8 Å². The molecule has 1 N–H and O–H groups in total. The van der Waals surface area contributed by atoms with Gasteiger partial charge in [-0.2, -0.15) is 0 Å². The van der Waals surface area contributed by atoms with Crippen LogP contribution in [0.25, 0.3) is 10.9 Å². The van der Waals surface area contributed by atoms with Crippen molar-refractivity contribution in [1.82, 2.24) is 9.88 Å². The molecule has 1 atom stereocenters. The van der Waals surface area contributed by atoms with Gasteiger partial charge in [-0.25, -0.2) is 0 Å². The third-order valence-corrected chi connectivity index (χ3v) is 5.53. The molecule has 0 aliphatic heterocycles. The van der Waals surface area contributed by atoms with Crippen LogP contribution in [0.3, 0.4) is 0 Å². The molecule has 1 aliphatic carbocycles. The Bertz CT molecular complexity index is 821. The van der Waals surface area contributed by atoms with E-state index in [4.69, 9.17) is 0 Å². The van der Waals surface area contributed by atoms with Crippen LogP contribution in [0.5, 0.6) is 0 Å². The van der Waals surface area contributed by atoms with E-state index in [1.165, 1.54) is 0 Å². The van der Waals surface area contributed by atoms with E-state index in [1.54, 1.807) is 0 Å². The minimum atomic E-state index is 0. The fourth-order valence-corrected chi connectivity index (χ4v) is 3.81. The SMILES string of the molecule is CCC1(NCCCCCC(=O)c2cn(C)c3ccccc23)C=CC=CC1.Cl. The van der Waals surface area contributed by atoms with Crippen molar-refractivity contribution in [1.29, 1.82) is 0 Å². The summed E-state index contributed by atoms with van der Waals surface area (Å²) in [7, 11) is 2.00. The predicted molar refractivity (Wildman–Crippen MR) is 117 cm³/mol. The highest BCUT2D eigenvalue weighted by Crippen LogP contribution is 2.23. The number of hydrogen-bond acceptors (Lipinski definition) is 2. The lowest BCUT2D eigenvalue weighted by Crippen LogP contribution is -2.43. The normalized spacial score (nSPS) is 18.6. The van der Waals surface area contributed by atoms with E-state index in [-0.39, 0.29) is 23.7 Å². The number of fused-ring (bicyclic) bond motifs is 1. The van der Waals surface area contributed by atoms with Crippen molar-refractivity contribution >= 4 is 29.1 Å². The lowest BCUT2D eigenvalue weighted by Gasteiger charge is -2.31. The zero-order chi connectivity index (χ0) is 18.4. The van der Waals surface area contributed by atoms with E-state index in [0.717, 1.165) is 55.1 Å². The predicted octanol–water partition coefficient (Wildman–Crippen LogP) is 5.60. The largest absolute Gasteiger partial charge is 0.350 e. The van der Waals surface area contributed by atoms with Gasteiger partial charge in [0.1, 0.15) is 0 Å². The fraction of sp³-hybridized carbons (Fsp3) is 0.435. The molecule has 0 radical (unpaired) electrons. The summed E-state index contributed by atoms with van der Waals surface area (Å²) in [6.45, 7) is 3.24. The Morgan fingerprint density at radius 1 is 1.19 bits per heavy atom. The van der Waals surface area contributed by atoms with Crippen molar-refractivity contribution in [2.24, 2.45) is 7.05 Å². The molecule has 0 amide bonds. The molecule has 1 aromatic carbocycles. The summed E-state index contributed by atoms with van der Waals surface area (Å²) in [4.78, 5) is 12.6. The number of carbonyl (C=O) groups is 1. The van der Waals surface area contributed by atoms with E-state index in [1.807, 2.05) is 36.0 Å². The molecule has 3 rings (SSSR count). The van der Waals surface area contributed by atoms with Crippen molar-refractivity contribution in [2.75, 3.05) is 6.54 Å². The quantitative estimate of drug-likeness (QED) is 0.449. The molecule has 0 fully saturated rings. The number of aryl methyl sites for hydroxylation is 1. The fourth-order valence-electron chi connectivity index (χ4n) is 3.81. The van der Waals surface area contributed by atoms with Crippen molar-refractivity contribution in [3.63, 3.8) is 0 Å². The second-order valence-corrected chi connectivity index (χ2v) is 7.33. The van der Waals surface area contributed by atoms with Crippen molar-refractivity contribution in [3.8, 4) is 0 Å². The third-order valence-electron chi connectivity index (χ3n) is 5.53. The van der Waals surface area contributed by atoms with E-state index >= 15 is 0 Å². The minimum Gasteiger partial charge on any atom is -0.350 e. The summed E-state index contributed by atoms with van der Waals surface area (Å²) in [6.07, 6.45) is 16.7. The first-order valence-electron chi connectivity index (χ1n) is 9.82. The first-order valence-corrected chi connectivity index (χ1v) is 9.82. The number of ketones is 1. The Balaban J connectivity index is 0.00000261. The molecular weight excluding hydrogens is 356 g/mol. The highest BCUT2D eigenvalue weighted by Gasteiger charge is 2.23. The number of Topliss-reactive ketones (excluding diaryl/α,β-unsaturated/α-hetero) is 1. The maximum absolute atomic E-state index is 12.6. The molecule has 1 aliphatic rings. The van der Waals surface area contributed by atoms with E-state index in [2.05, 4.69) is 42.6 Å². The summed E-state index contributed by atoms with van der Waals surface area (Å²) >= 11 is 0. The van der Waals surface area contributed by atoms with Crippen LogP contribution in [0.4, 0.5) is 0 Å². The van der Waals surface area contributed by atoms with Crippen LogP contribution >= 0.6 is 12.4 Å². The Kier molecular flexibility index (Phi) is 7.88. The molecule has 1 aromatic heterocycles. The number of carbonyl (C=O) groups excluding carboxylic acids is 1. The van der Waals surface area contributed by atoms with Gasteiger partial charge in [-0.15, -0.1) is 12.4 Å². The zero-order valence-electron chi connectivity index (χ0n) is 16.4. The number of para-hydroxylation sites is 1. The van der Waals surface area contributed by atoms with Crippen molar-refractivity contribution in [3.05, 3.63) is 60.3 Å². The Hall–Kier alpha value is -1.84. The topological polar surface area (TPSA) is 34.0 Å². The smallest absolute Gasteiger partial charge is 0.165 e. The van der Waals surface area contributed by atoms with E-state index < -0.39 is 0 Å². The van der Waals surface area contributed by atoms with Gasteiger partial charge in [0, 0.05) is 41.7 Å². The van der Waals surface area contributed by atoms with Crippen LogP contribution in [0.2, 0.25) is 0 Å². The molecule has 27 heavy (non-hydrogen) atoms. The van der Waals surface area contributed by atoms with Crippen LogP contribution in [0.15, 0.2) is 54.8 Å². The van der Waals surface area contributed by atoms with Gasteiger partial charge in [-0.3, -0.25) is 4.79 Å². The summed E-state index contributed by atoms with van der Waals surface area (Å²) < 4.78 is 2.04. The summed E-state index contributed by atoms with van der Waals surface area (Å²) in [6, 6.07) is 8.13. The second kappa shape index (κ2) is 9.91. The molecule has 0 spiro atoms. The number of halogens is 1. The maximum Gasteiger partial charge on any atom is 0.165 e. The van der Waals surface area contributed by atoms with E-state index in [0.29, 0.717) is 6.42 Å². The summed E-state index contributed by atoms with van der Waals surface area (Å²) in [5.41, 5.74) is 2.12. The molecule has 1 heterocycles. The summed E-state index contributed by atoms with van der Waals surface area (Å²) in [5.74, 6) is 0.264. The van der Waals surface area contributed by atoms with Gasteiger partial charge in [0.25, 0.3) is 0 Å². The molecule has 2 aromatic rings. The van der Waals surface area contributed by atoms with Crippen molar-refractivity contribution in [2.45, 2.75) is 51.0 Å². The van der Waals surface area contributed by atoms with Gasteiger partial charge < -0.3 is 9.88 Å². The van der Waals surface area contributed by atoms with Gasteiger partial charge in [0.2, 0.25) is 0 Å². The number of unbranched alkanes of at least 4 members (excludes halogenated alkanes) is 2. The lowest BCUT2D eigenvalue weighted by atomic mass is 9.88. The molecule has 146 valence electrons. The zero-order valence-corrected chi connectivity index (χ0v) is 17.2. The highest BCUT2D eigenvalue weighted by molar-refractivity contribution is 6.08. The van der Waals surface area contributed by atoms with Gasteiger partial charge >= 0.3 is 0 Å². The van der Waals surface area contributed by atoms with Gasteiger partial charge in [-0.1, -0.05) is 55.8 Å². The molecule has 4 heteroatoms. The monoisotopic (exact) mass is 386 g/mol. The minimum absolute atomic E-state index is 0. The molecule has 0 saturated carbocycles. The van der Waals surface area contributed by atoms with Crippen LogP contribution in [-0.4, -0.2) is 22.4 Å². The Morgan fingerprint density at radius 2 is 2.00 bits per heavy atom.